The van der Waals surface area contributed by atoms with Crippen molar-refractivity contribution in [3.63, 3.8) is 0 Å². The Bertz CT molecular complexity index is 729. The average Bonchev–Trinajstić information content (AvgIpc) is 3.20. The van der Waals surface area contributed by atoms with Gasteiger partial charge in [0.25, 0.3) is 0 Å². The number of piperazine rings is 1. The van der Waals surface area contributed by atoms with Crippen LogP contribution in [0.25, 0.3) is 0 Å². The summed E-state index contributed by atoms with van der Waals surface area (Å²) in [6.07, 6.45) is 3.37. The number of hydrogen-bond acceptors (Lipinski definition) is 6. The number of carbonyl (C=O) groups is 2. The fraction of sp³-hybridized carbons (Fsp3) is 0.680. The highest BCUT2D eigenvalue weighted by Gasteiger charge is 2.24. The van der Waals surface area contributed by atoms with Gasteiger partial charge in [-0.1, -0.05) is 13.8 Å². The zero-order chi connectivity index (χ0) is 22.9. The predicted octanol–water partition coefficient (Wildman–Crippen LogP) is 3.53. The molecule has 2 saturated heterocycles. The quantitative estimate of drug-likeness (QED) is 0.406. The molecule has 0 aliphatic carbocycles. The second kappa shape index (κ2) is 12.2. The van der Waals surface area contributed by atoms with E-state index >= 15 is 0 Å². The monoisotopic (exact) mass is 445 g/mol. The van der Waals surface area contributed by atoms with Gasteiger partial charge in [-0.05, 0) is 62.9 Å². The van der Waals surface area contributed by atoms with Gasteiger partial charge in [0, 0.05) is 44.3 Å². The molecule has 2 fully saturated rings. The lowest BCUT2D eigenvalue weighted by Gasteiger charge is -2.33. The maximum Gasteiger partial charge on any atom is 0.409 e. The third-order valence-corrected chi connectivity index (χ3v) is 6.26. The molecule has 1 aromatic carbocycles. The lowest BCUT2D eigenvalue weighted by molar-refractivity contribution is 0.0659. The fourth-order valence-corrected chi connectivity index (χ4v) is 4.23. The van der Waals surface area contributed by atoms with E-state index < -0.39 is 0 Å². The smallest absolute Gasteiger partial charge is 0.409 e. The summed E-state index contributed by atoms with van der Waals surface area (Å²) in [5.41, 5.74) is 0.696. The molecule has 1 aromatic rings. The summed E-state index contributed by atoms with van der Waals surface area (Å²) < 4.78 is 11.1. The van der Waals surface area contributed by atoms with E-state index in [2.05, 4.69) is 16.7 Å². The van der Waals surface area contributed by atoms with Crippen LogP contribution in [0.15, 0.2) is 24.3 Å². The minimum absolute atomic E-state index is 0.0930. The van der Waals surface area contributed by atoms with Gasteiger partial charge < -0.3 is 19.3 Å². The zero-order valence-electron chi connectivity index (χ0n) is 19.9. The zero-order valence-corrected chi connectivity index (χ0v) is 19.9. The van der Waals surface area contributed by atoms with Gasteiger partial charge in [0.15, 0.2) is 5.78 Å². The average molecular weight is 446 g/mol. The van der Waals surface area contributed by atoms with Crippen molar-refractivity contribution < 1.29 is 19.1 Å². The standard InChI is InChI=1S/C25H39N3O4/c1-20(2)19-32-25(30)28-15-13-26(14-16-28)18-24(29)22-7-9-23(10-8-22)31-17-5-12-27-11-4-6-21(27)3/h7-10,20-21H,4-6,11-19H2,1-3H3/t21-/m1/s1. The molecule has 0 N–H and O–H groups in total. The Morgan fingerprint density at radius 2 is 1.78 bits per heavy atom. The number of nitrogens with zero attached hydrogens (tertiary/aromatic N) is 3. The summed E-state index contributed by atoms with van der Waals surface area (Å²) in [5, 5.41) is 0. The van der Waals surface area contributed by atoms with Crippen molar-refractivity contribution in [1.29, 1.82) is 0 Å². The van der Waals surface area contributed by atoms with Crippen LogP contribution in [-0.4, -0.2) is 91.6 Å². The van der Waals surface area contributed by atoms with Gasteiger partial charge in [-0.3, -0.25) is 9.69 Å². The number of amides is 1. The molecule has 32 heavy (non-hydrogen) atoms. The van der Waals surface area contributed by atoms with Crippen molar-refractivity contribution in [2.24, 2.45) is 5.92 Å². The van der Waals surface area contributed by atoms with E-state index in [-0.39, 0.29) is 11.9 Å². The van der Waals surface area contributed by atoms with Crippen LogP contribution >= 0.6 is 0 Å². The van der Waals surface area contributed by atoms with Gasteiger partial charge in [0.1, 0.15) is 5.75 Å². The molecule has 0 aromatic heterocycles. The molecule has 7 nitrogen and oxygen atoms in total. The van der Waals surface area contributed by atoms with E-state index in [0.717, 1.165) is 18.7 Å². The number of carbonyl (C=O) groups excluding carboxylic acids is 2. The molecule has 2 aliphatic heterocycles. The van der Waals surface area contributed by atoms with Crippen LogP contribution in [-0.2, 0) is 4.74 Å². The maximum absolute atomic E-state index is 12.7. The molecule has 1 amide bonds. The van der Waals surface area contributed by atoms with Crippen molar-refractivity contribution >= 4 is 11.9 Å². The summed E-state index contributed by atoms with van der Waals surface area (Å²) in [7, 11) is 0. The fourth-order valence-electron chi connectivity index (χ4n) is 4.23. The molecule has 0 saturated carbocycles. The molecule has 2 aliphatic rings. The highest BCUT2D eigenvalue weighted by Crippen LogP contribution is 2.17. The van der Waals surface area contributed by atoms with Crippen molar-refractivity contribution in [3.8, 4) is 5.75 Å². The van der Waals surface area contributed by atoms with Gasteiger partial charge >= 0.3 is 6.09 Å². The largest absolute Gasteiger partial charge is 0.494 e. The Labute approximate surface area is 192 Å². The molecule has 0 spiro atoms. The second-order valence-corrected chi connectivity index (χ2v) is 9.41. The molecule has 178 valence electrons. The van der Waals surface area contributed by atoms with Crippen LogP contribution in [0.2, 0.25) is 0 Å². The molecule has 1 atom stereocenters. The van der Waals surface area contributed by atoms with Crippen molar-refractivity contribution in [3.05, 3.63) is 29.8 Å². The van der Waals surface area contributed by atoms with Crippen LogP contribution in [0.3, 0.4) is 0 Å². The van der Waals surface area contributed by atoms with E-state index in [9.17, 15) is 9.59 Å². The molecule has 2 heterocycles. The summed E-state index contributed by atoms with van der Waals surface area (Å²) in [6.45, 7) is 12.7. The van der Waals surface area contributed by atoms with E-state index in [1.54, 1.807) is 4.90 Å². The first-order valence-corrected chi connectivity index (χ1v) is 12.1. The third kappa shape index (κ3) is 7.48. The number of ether oxygens (including phenoxy) is 2. The first-order chi connectivity index (χ1) is 15.4. The molecular weight excluding hydrogens is 406 g/mol. The van der Waals surface area contributed by atoms with Gasteiger partial charge in [-0.25, -0.2) is 4.79 Å². The highest BCUT2D eigenvalue weighted by atomic mass is 16.6. The van der Waals surface area contributed by atoms with Crippen LogP contribution < -0.4 is 4.74 Å². The Morgan fingerprint density at radius 1 is 1.06 bits per heavy atom. The van der Waals surface area contributed by atoms with Crippen molar-refractivity contribution in [2.45, 2.75) is 46.1 Å². The number of benzene rings is 1. The minimum atomic E-state index is -0.254. The first kappa shape index (κ1) is 24.5. The topological polar surface area (TPSA) is 62.3 Å². The van der Waals surface area contributed by atoms with Crippen LogP contribution in [0.4, 0.5) is 4.79 Å². The van der Waals surface area contributed by atoms with Crippen LogP contribution in [0.1, 0.15) is 50.4 Å². The Kier molecular flexibility index (Phi) is 9.36. The Morgan fingerprint density at radius 3 is 2.41 bits per heavy atom. The Hall–Kier alpha value is -2.12. The van der Waals surface area contributed by atoms with Crippen LogP contribution in [0, 0.1) is 5.92 Å². The third-order valence-electron chi connectivity index (χ3n) is 6.26. The number of hydrogen-bond donors (Lipinski definition) is 0. The van der Waals surface area contributed by atoms with E-state index in [4.69, 9.17) is 9.47 Å². The molecule has 0 bridgehead atoms. The highest BCUT2D eigenvalue weighted by molar-refractivity contribution is 5.97. The van der Waals surface area contributed by atoms with Crippen molar-refractivity contribution in [2.75, 3.05) is 59.0 Å². The number of Topliss-reactive ketones (excluding diaryl/α,β-unsaturated/α-hetero) is 1. The minimum Gasteiger partial charge on any atom is -0.494 e. The summed E-state index contributed by atoms with van der Waals surface area (Å²) in [4.78, 5) is 31.1. The van der Waals surface area contributed by atoms with E-state index in [1.165, 1.54) is 19.4 Å². The number of rotatable bonds is 10. The maximum atomic E-state index is 12.7. The molecular formula is C25H39N3O4. The normalized spacial score (nSPS) is 20.0. The van der Waals surface area contributed by atoms with Gasteiger partial charge in [-0.2, -0.15) is 0 Å². The number of ketones is 1. The first-order valence-electron chi connectivity index (χ1n) is 12.1. The van der Waals surface area contributed by atoms with Gasteiger partial charge in [0.05, 0.1) is 19.8 Å². The molecule has 3 rings (SSSR count). The summed E-state index contributed by atoms with van der Waals surface area (Å²) in [5.74, 6) is 1.23. The van der Waals surface area contributed by atoms with Crippen molar-refractivity contribution in [1.82, 2.24) is 14.7 Å². The molecule has 0 unspecified atom stereocenters. The van der Waals surface area contributed by atoms with Gasteiger partial charge in [0.2, 0.25) is 0 Å². The van der Waals surface area contributed by atoms with Crippen LogP contribution in [0.5, 0.6) is 5.75 Å². The summed E-state index contributed by atoms with van der Waals surface area (Å²) in [6, 6.07) is 8.16. The number of likely N-dealkylation sites (tertiary alicyclic amines) is 1. The SMILES string of the molecule is CC(C)COC(=O)N1CCN(CC(=O)c2ccc(OCCCN3CCC[C@H]3C)cc2)CC1. The van der Waals surface area contributed by atoms with Gasteiger partial charge in [-0.15, -0.1) is 0 Å². The second-order valence-electron chi connectivity index (χ2n) is 9.41. The molecule has 7 heteroatoms. The lowest BCUT2D eigenvalue weighted by Crippen LogP contribution is -2.50. The van der Waals surface area contributed by atoms with E-state index in [1.807, 2.05) is 38.1 Å². The predicted molar refractivity (Wildman–Crippen MR) is 125 cm³/mol. The Balaban J connectivity index is 1.34. The lowest BCUT2D eigenvalue weighted by atomic mass is 10.1. The summed E-state index contributed by atoms with van der Waals surface area (Å²) >= 11 is 0. The molecule has 0 radical (unpaired) electrons. The van der Waals surface area contributed by atoms with E-state index in [0.29, 0.717) is 63.5 Å².